The third-order valence-electron chi connectivity index (χ3n) is 2.25. The van der Waals surface area contributed by atoms with Crippen molar-refractivity contribution in [1.82, 2.24) is 0 Å². The zero-order chi connectivity index (χ0) is 10.1. The number of hydrogen-bond acceptors (Lipinski definition) is 2. The van der Waals surface area contributed by atoms with Crippen molar-refractivity contribution in [3.05, 3.63) is 34.5 Å². The second-order valence-electron chi connectivity index (χ2n) is 3.01. The highest BCUT2D eigenvalue weighted by Gasteiger charge is 2.12. The van der Waals surface area contributed by atoms with Crippen molar-refractivity contribution in [3.8, 4) is 6.07 Å². The third-order valence-corrected chi connectivity index (χ3v) is 3.32. The van der Waals surface area contributed by atoms with Gasteiger partial charge in [-0.1, -0.05) is 25.1 Å². The molecule has 0 aliphatic rings. The molecule has 2 aromatic rings. The van der Waals surface area contributed by atoms with Crippen LogP contribution in [0.2, 0.25) is 0 Å². The lowest BCUT2D eigenvalue weighted by atomic mass is 10.1. The summed E-state index contributed by atoms with van der Waals surface area (Å²) in [5.74, 6) is 0. The van der Waals surface area contributed by atoms with Crippen molar-refractivity contribution in [3.63, 3.8) is 0 Å². The molecule has 0 aliphatic heterocycles. The summed E-state index contributed by atoms with van der Waals surface area (Å²) in [6.07, 6.45) is 0.863. The first-order chi connectivity index (χ1) is 6.77. The summed E-state index contributed by atoms with van der Waals surface area (Å²) in [7, 11) is 0. The quantitative estimate of drug-likeness (QED) is 0.699. The molecule has 0 N–H and O–H groups in total. The first-order valence-electron chi connectivity index (χ1n) is 4.38. The molecule has 1 nitrogen and oxygen atoms in total. The van der Waals surface area contributed by atoms with Gasteiger partial charge in [0.15, 0.2) is 5.13 Å². The number of halogens is 1. The molecule has 0 radical (unpaired) electrons. The summed E-state index contributed by atoms with van der Waals surface area (Å²) in [6.45, 7) is 2.03. The van der Waals surface area contributed by atoms with Gasteiger partial charge in [-0.05, 0) is 12.0 Å². The summed E-state index contributed by atoms with van der Waals surface area (Å²) in [5, 5.41) is 9.16. The van der Waals surface area contributed by atoms with Gasteiger partial charge in [-0.2, -0.15) is 9.65 Å². The standard InChI is InChI=1S/C11H8FNS/c1-2-7-4-3-5-8-9(6-13)11(12)14-10(7)8/h3-5H,2H2,1H3. The van der Waals surface area contributed by atoms with Crippen LogP contribution in [0.4, 0.5) is 4.39 Å². The highest BCUT2D eigenvalue weighted by atomic mass is 32.1. The molecule has 2 rings (SSSR count). The van der Waals surface area contributed by atoms with E-state index >= 15 is 0 Å². The summed E-state index contributed by atoms with van der Waals surface area (Å²) >= 11 is 1.07. The minimum Gasteiger partial charge on any atom is -0.194 e. The van der Waals surface area contributed by atoms with Gasteiger partial charge in [0.25, 0.3) is 0 Å². The number of fused-ring (bicyclic) bond motifs is 1. The second-order valence-corrected chi connectivity index (χ2v) is 3.98. The largest absolute Gasteiger partial charge is 0.195 e. The van der Waals surface area contributed by atoms with Crippen LogP contribution in [0.5, 0.6) is 0 Å². The monoisotopic (exact) mass is 205 g/mol. The van der Waals surface area contributed by atoms with E-state index < -0.39 is 0 Å². The lowest BCUT2D eigenvalue weighted by molar-refractivity contribution is 0.655. The third kappa shape index (κ3) is 1.19. The molecule has 0 spiro atoms. The predicted octanol–water partition coefficient (Wildman–Crippen LogP) is 3.47. The number of thiophene rings is 1. The summed E-state index contributed by atoms with van der Waals surface area (Å²) in [4.78, 5) is 0. The molecule has 0 aliphatic carbocycles. The van der Waals surface area contributed by atoms with Gasteiger partial charge in [0.2, 0.25) is 0 Å². The van der Waals surface area contributed by atoms with Gasteiger partial charge < -0.3 is 0 Å². The van der Waals surface area contributed by atoms with Gasteiger partial charge in [-0.3, -0.25) is 0 Å². The van der Waals surface area contributed by atoms with E-state index in [0.29, 0.717) is 0 Å². The minimum atomic E-state index is -0.372. The highest BCUT2D eigenvalue weighted by molar-refractivity contribution is 7.18. The molecule has 0 saturated heterocycles. The normalized spacial score (nSPS) is 10.4. The molecular formula is C11H8FNS. The van der Waals surface area contributed by atoms with Crippen molar-refractivity contribution in [2.45, 2.75) is 13.3 Å². The highest BCUT2D eigenvalue weighted by Crippen LogP contribution is 2.32. The number of rotatable bonds is 1. The zero-order valence-corrected chi connectivity index (χ0v) is 8.49. The van der Waals surface area contributed by atoms with E-state index in [1.165, 1.54) is 0 Å². The molecule has 1 heterocycles. The van der Waals surface area contributed by atoms with Crippen LogP contribution in [0.1, 0.15) is 18.1 Å². The fraction of sp³-hybridized carbons (Fsp3) is 0.182. The van der Waals surface area contributed by atoms with E-state index in [2.05, 4.69) is 0 Å². The van der Waals surface area contributed by atoms with E-state index in [9.17, 15) is 4.39 Å². The molecule has 0 fully saturated rings. The Morgan fingerprint density at radius 1 is 1.50 bits per heavy atom. The Bertz CT molecular complexity index is 522. The number of hydrogen-bond donors (Lipinski definition) is 0. The maximum Gasteiger partial charge on any atom is 0.195 e. The van der Waals surface area contributed by atoms with Crippen molar-refractivity contribution in [1.29, 1.82) is 5.26 Å². The average Bonchev–Trinajstić information content (AvgIpc) is 2.52. The summed E-state index contributed by atoms with van der Waals surface area (Å²) in [6, 6.07) is 7.54. The van der Waals surface area contributed by atoms with Crippen LogP contribution in [-0.4, -0.2) is 0 Å². The number of benzene rings is 1. The van der Waals surface area contributed by atoms with Gasteiger partial charge in [0.05, 0.1) is 0 Å². The van der Waals surface area contributed by atoms with Crippen molar-refractivity contribution < 1.29 is 4.39 Å². The lowest BCUT2D eigenvalue weighted by Gasteiger charge is -1.96. The molecule has 0 amide bonds. The smallest absolute Gasteiger partial charge is 0.194 e. The lowest BCUT2D eigenvalue weighted by Crippen LogP contribution is -1.79. The van der Waals surface area contributed by atoms with E-state index in [0.717, 1.165) is 33.4 Å². The topological polar surface area (TPSA) is 23.8 Å². The summed E-state index contributed by atoms with van der Waals surface area (Å²) < 4.78 is 14.2. The SMILES string of the molecule is CCc1cccc2c(C#N)c(F)sc12. The van der Waals surface area contributed by atoms with Gasteiger partial charge in [-0.25, -0.2) is 0 Å². The number of aryl methyl sites for hydroxylation is 1. The molecule has 14 heavy (non-hydrogen) atoms. The fourth-order valence-electron chi connectivity index (χ4n) is 1.53. The van der Waals surface area contributed by atoms with Crippen LogP contribution in [0.3, 0.4) is 0 Å². The van der Waals surface area contributed by atoms with Crippen molar-refractivity contribution >= 4 is 21.4 Å². The van der Waals surface area contributed by atoms with Gasteiger partial charge in [0, 0.05) is 10.1 Å². The summed E-state index contributed by atoms with van der Waals surface area (Å²) in [5.41, 5.74) is 1.29. The molecule has 0 atom stereocenters. The van der Waals surface area contributed by atoms with Gasteiger partial charge in [-0.15, -0.1) is 11.3 Å². The van der Waals surface area contributed by atoms with Crippen LogP contribution < -0.4 is 0 Å². The Balaban J connectivity index is 2.87. The van der Waals surface area contributed by atoms with Gasteiger partial charge in [0.1, 0.15) is 11.6 Å². The molecule has 0 bridgehead atoms. The minimum absolute atomic E-state index is 0.181. The Kier molecular flexibility index (Phi) is 2.22. The molecule has 3 heteroatoms. The van der Waals surface area contributed by atoms with Crippen molar-refractivity contribution in [2.24, 2.45) is 0 Å². The average molecular weight is 205 g/mol. The van der Waals surface area contributed by atoms with Crippen LogP contribution in [0.25, 0.3) is 10.1 Å². The molecule has 1 aromatic carbocycles. The van der Waals surface area contributed by atoms with Gasteiger partial charge >= 0.3 is 0 Å². The molecule has 0 unspecified atom stereocenters. The zero-order valence-electron chi connectivity index (χ0n) is 7.67. The fourth-order valence-corrected chi connectivity index (χ4v) is 2.59. The molecule has 0 saturated carbocycles. The molecule has 1 aromatic heterocycles. The first kappa shape index (κ1) is 9.17. The van der Waals surface area contributed by atoms with E-state index in [-0.39, 0.29) is 10.7 Å². The Hall–Kier alpha value is -1.40. The van der Waals surface area contributed by atoms with Crippen molar-refractivity contribution in [2.75, 3.05) is 0 Å². The van der Waals surface area contributed by atoms with E-state index in [4.69, 9.17) is 5.26 Å². The maximum absolute atomic E-state index is 13.3. The Morgan fingerprint density at radius 2 is 2.29 bits per heavy atom. The first-order valence-corrected chi connectivity index (χ1v) is 5.19. The van der Waals surface area contributed by atoms with Crippen LogP contribution in [-0.2, 0) is 6.42 Å². The number of nitrogens with zero attached hydrogens (tertiary/aromatic N) is 1. The van der Waals surface area contributed by atoms with E-state index in [1.54, 1.807) is 6.07 Å². The maximum atomic E-state index is 13.3. The van der Waals surface area contributed by atoms with Crippen LogP contribution in [0.15, 0.2) is 18.2 Å². The van der Waals surface area contributed by atoms with E-state index in [1.807, 2.05) is 25.1 Å². The van der Waals surface area contributed by atoms with Crippen LogP contribution >= 0.6 is 11.3 Å². The Morgan fingerprint density at radius 3 is 2.93 bits per heavy atom. The molecular weight excluding hydrogens is 197 g/mol. The number of nitriles is 1. The second kappa shape index (κ2) is 3.39. The predicted molar refractivity (Wildman–Crippen MR) is 55.9 cm³/mol. The van der Waals surface area contributed by atoms with Crippen LogP contribution in [0, 0.1) is 16.5 Å². The Labute approximate surface area is 85.4 Å². The molecule has 70 valence electrons.